The summed E-state index contributed by atoms with van der Waals surface area (Å²) in [5, 5.41) is 3.94. The lowest BCUT2D eigenvalue weighted by molar-refractivity contribution is 0.252. The Morgan fingerprint density at radius 3 is 2.92 bits per heavy atom. The Hall–Kier alpha value is -0.900. The lowest BCUT2D eigenvalue weighted by atomic mass is 10.1. The van der Waals surface area contributed by atoms with Crippen LogP contribution in [0.25, 0.3) is 0 Å². The maximum absolute atomic E-state index is 13.0. The van der Waals surface area contributed by atoms with Crippen molar-refractivity contribution < 1.29 is 4.39 Å². The van der Waals surface area contributed by atoms with Crippen molar-refractivity contribution in [3.63, 3.8) is 0 Å². The summed E-state index contributed by atoms with van der Waals surface area (Å²) in [5.41, 5.74) is 5.58. The number of halogens is 1. The molecule has 12 heavy (non-hydrogen) atoms. The summed E-state index contributed by atoms with van der Waals surface area (Å²) >= 11 is 0. The third-order valence-electron chi connectivity index (χ3n) is 1.81. The second-order valence-corrected chi connectivity index (χ2v) is 2.82. The van der Waals surface area contributed by atoms with Crippen LogP contribution in [0.3, 0.4) is 0 Å². The van der Waals surface area contributed by atoms with Crippen molar-refractivity contribution in [1.82, 2.24) is 9.78 Å². The van der Waals surface area contributed by atoms with Gasteiger partial charge in [0.1, 0.15) is 6.17 Å². The molecule has 0 radical (unpaired) electrons. The maximum atomic E-state index is 13.0. The van der Waals surface area contributed by atoms with E-state index in [9.17, 15) is 4.39 Å². The summed E-state index contributed by atoms with van der Waals surface area (Å²) in [6.45, 7) is 2.23. The fourth-order valence-electron chi connectivity index (χ4n) is 1.04. The third kappa shape index (κ3) is 2.30. The predicted octanol–water partition coefficient (Wildman–Crippen LogP) is 0.959. The quantitative estimate of drug-likeness (QED) is 0.733. The zero-order valence-corrected chi connectivity index (χ0v) is 7.15. The molecule has 1 heterocycles. The highest BCUT2D eigenvalue weighted by molar-refractivity contribution is 4.80. The van der Waals surface area contributed by atoms with Crippen molar-refractivity contribution in [2.24, 2.45) is 5.73 Å². The molecule has 4 heteroatoms. The molecule has 0 amide bonds. The second-order valence-electron chi connectivity index (χ2n) is 2.82. The molecule has 0 saturated heterocycles. The number of rotatable bonds is 4. The summed E-state index contributed by atoms with van der Waals surface area (Å²) < 4.78 is 14.6. The maximum Gasteiger partial charge on any atom is 0.117 e. The molecule has 0 aliphatic heterocycles. The van der Waals surface area contributed by atoms with Crippen molar-refractivity contribution in [2.45, 2.75) is 32.1 Å². The average molecular weight is 171 g/mol. The van der Waals surface area contributed by atoms with Gasteiger partial charge in [-0.25, -0.2) is 4.39 Å². The number of aromatic nitrogens is 2. The van der Waals surface area contributed by atoms with Crippen molar-refractivity contribution in [1.29, 1.82) is 0 Å². The number of hydrogen-bond acceptors (Lipinski definition) is 2. The first-order valence-electron chi connectivity index (χ1n) is 4.11. The van der Waals surface area contributed by atoms with Crippen LogP contribution in [0.4, 0.5) is 4.39 Å². The molecular weight excluding hydrogens is 157 g/mol. The van der Waals surface area contributed by atoms with E-state index in [1.807, 2.05) is 0 Å². The number of hydrogen-bond donors (Lipinski definition) is 1. The van der Waals surface area contributed by atoms with Crippen LogP contribution in [0.1, 0.15) is 13.3 Å². The lowest BCUT2D eigenvalue weighted by Crippen LogP contribution is -2.35. The van der Waals surface area contributed by atoms with Crippen LogP contribution in [-0.2, 0) is 6.54 Å². The molecule has 0 aliphatic carbocycles. The molecule has 0 saturated carbocycles. The zero-order chi connectivity index (χ0) is 8.97. The fourth-order valence-corrected chi connectivity index (χ4v) is 1.04. The molecular formula is C8H14FN3. The van der Waals surface area contributed by atoms with Gasteiger partial charge < -0.3 is 5.73 Å². The smallest absolute Gasteiger partial charge is 0.117 e. The van der Waals surface area contributed by atoms with Crippen LogP contribution in [0.2, 0.25) is 0 Å². The summed E-state index contributed by atoms with van der Waals surface area (Å²) in [7, 11) is 0. The Morgan fingerprint density at radius 1 is 1.67 bits per heavy atom. The highest BCUT2D eigenvalue weighted by atomic mass is 19.1. The van der Waals surface area contributed by atoms with Gasteiger partial charge >= 0.3 is 0 Å². The monoisotopic (exact) mass is 171 g/mol. The highest BCUT2D eigenvalue weighted by Gasteiger charge is 2.14. The lowest BCUT2D eigenvalue weighted by Gasteiger charge is -2.14. The molecule has 0 aromatic carbocycles. The van der Waals surface area contributed by atoms with Gasteiger partial charge in [0.15, 0.2) is 0 Å². The Kier molecular flexibility index (Phi) is 3.22. The van der Waals surface area contributed by atoms with Gasteiger partial charge in [0, 0.05) is 12.4 Å². The summed E-state index contributed by atoms with van der Waals surface area (Å²) in [4.78, 5) is 0. The third-order valence-corrected chi connectivity index (χ3v) is 1.81. The van der Waals surface area contributed by atoms with E-state index in [1.165, 1.54) is 0 Å². The molecule has 0 spiro atoms. The number of nitrogens with zero attached hydrogens (tertiary/aromatic N) is 2. The number of alkyl halides is 1. The van der Waals surface area contributed by atoms with Crippen LogP contribution >= 0.6 is 0 Å². The average Bonchev–Trinajstić information content (AvgIpc) is 2.55. The van der Waals surface area contributed by atoms with E-state index in [4.69, 9.17) is 5.73 Å². The second kappa shape index (κ2) is 4.21. The number of nitrogens with two attached hydrogens (primary N) is 1. The zero-order valence-electron chi connectivity index (χ0n) is 7.15. The molecule has 0 bridgehead atoms. The van der Waals surface area contributed by atoms with Crippen LogP contribution in [-0.4, -0.2) is 22.0 Å². The van der Waals surface area contributed by atoms with E-state index in [0.717, 1.165) is 0 Å². The minimum atomic E-state index is -0.936. The molecule has 2 N–H and O–H groups in total. The van der Waals surface area contributed by atoms with Gasteiger partial charge in [0.05, 0.1) is 12.6 Å². The summed E-state index contributed by atoms with van der Waals surface area (Å²) in [6.07, 6.45) is 2.96. The minimum absolute atomic E-state index is 0.446. The van der Waals surface area contributed by atoms with Crippen molar-refractivity contribution in [3.8, 4) is 0 Å². The Labute approximate surface area is 71.4 Å². The molecule has 0 fully saturated rings. The normalized spacial score (nSPS) is 15.9. The first kappa shape index (κ1) is 9.19. The van der Waals surface area contributed by atoms with Gasteiger partial charge in [-0.2, -0.15) is 5.10 Å². The molecule has 0 aliphatic rings. The molecule has 68 valence electrons. The predicted molar refractivity (Wildman–Crippen MR) is 45.4 cm³/mol. The molecule has 1 rings (SSSR count). The van der Waals surface area contributed by atoms with E-state index in [0.29, 0.717) is 13.0 Å². The van der Waals surface area contributed by atoms with Gasteiger partial charge in [0.25, 0.3) is 0 Å². The van der Waals surface area contributed by atoms with E-state index in [2.05, 4.69) is 5.10 Å². The first-order valence-corrected chi connectivity index (χ1v) is 4.11. The molecule has 1 aromatic rings. The molecule has 3 nitrogen and oxygen atoms in total. The van der Waals surface area contributed by atoms with Gasteiger partial charge in [0.2, 0.25) is 0 Å². The van der Waals surface area contributed by atoms with Gasteiger partial charge in [-0.3, -0.25) is 4.68 Å². The van der Waals surface area contributed by atoms with E-state index in [-0.39, 0.29) is 0 Å². The van der Waals surface area contributed by atoms with Crippen LogP contribution in [0, 0.1) is 0 Å². The minimum Gasteiger partial charge on any atom is -0.324 e. The Bertz CT molecular complexity index is 210. The van der Waals surface area contributed by atoms with Crippen molar-refractivity contribution in [3.05, 3.63) is 18.5 Å². The molecule has 2 atom stereocenters. The van der Waals surface area contributed by atoms with Gasteiger partial charge in [-0.1, -0.05) is 6.92 Å². The van der Waals surface area contributed by atoms with Crippen LogP contribution in [0.15, 0.2) is 18.5 Å². The van der Waals surface area contributed by atoms with Gasteiger partial charge in [-0.15, -0.1) is 0 Å². The van der Waals surface area contributed by atoms with Crippen LogP contribution in [0.5, 0.6) is 0 Å². The summed E-state index contributed by atoms with van der Waals surface area (Å²) in [6, 6.07) is 1.35. The molecule has 1 aromatic heterocycles. The van der Waals surface area contributed by atoms with Crippen LogP contribution < -0.4 is 5.73 Å². The van der Waals surface area contributed by atoms with Gasteiger partial charge in [-0.05, 0) is 12.5 Å². The standard InChI is InChI=1S/C8H14FN3/c1-2-7(9)8(10)6-12-5-3-4-11-12/h3-5,7-8H,2,6,10H2,1H3/t7-,8+/m1/s1. The van der Waals surface area contributed by atoms with Crippen molar-refractivity contribution >= 4 is 0 Å². The largest absolute Gasteiger partial charge is 0.324 e. The highest BCUT2D eigenvalue weighted by Crippen LogP contribution is 2.03. The van der Waals surface area contributed by atoms with E-state index < -0.39 is 12.2 Å². The molecule has 0 unspecified atom stereocenters. The topological polar surface area (TPSA) is 43.8 Å². The summed E-state index contributed by atoms with van der Waals surface area (Å²) in [5.74, 6) is 0. The Morgan fingerprint density at radius 2 is 2.42 bits per heavy atom. The SMILES string of the molecule is CC[C@@H](F)[C@@H](N)Cn1cccn1. The first-order chi connectivity index (χ1) is 5.74. The fraction of sp³-hybridized carbons (Fsp3) is 0.625. The van der Waals surface area contributed by atoms with E-state index >= 15 is 0 Å². The van der Waals surface area contributed by atoms with Crippen molar-refractivity contribution in [2.75, 3.05) is 0 Å². The van der Waals surface area contributed by atoms with E-state index in [1.54, 1.807) is 30.1 Å². The Balaban J connectivity index is 2.41.